The number of ether oxygens (including phenoxy) is 1. The molecule has 0 saturated carbocycles. The second-order valence-electron chi connectivity index (χ2n) is 5.76. The van der Waals surface area contributed by atoms with E-state index >= 15 is 0 Å². The van der Waals surface area contributed by atoms with Crippen LogP contribution in [-0.4, -0.2) is 42.0 Å². The summed E-state index contributed by atoms with van der Waals surface area (Å²) in [6.07, 6.45) is 0.141. The van der Waals surface area contributed by atoms with Crippen LogP contribution in [0.25, 0.3) is 0 Å². The van der Waals surface area contributed by atoms with E-state index in [2.05, 4.69) is 18.7 Å². The minimum absolute atomic E-state index is 0.0653. The summed E-state index contributed by atoms with van der Waals surface area (Å²) in [5.74, 6) is 0.0653. The standard InChI is InChI=1S/C15H20ClNO2/c1-11-8-17(10-15(2,3)19-11)9-14(18)12-6-4-5-7-13(12)16/h4-7,11H,8-10H2,1-3H3. The van der Waals surface area contributed by atoms with Crippen molar-refractivity contribution in [3.63, 3.8) is 0 Å². The molecule has 1 heterocycles. The van der Waals surface area contributed by atoms with Gasteiger partial charge in [0.15, 0.2) is 5.78 Å². The zero-order valence-corrected chi connectivity index (χ0v) is 12.4. The van der Waals surface area contributed by atoms with Crippen LogP contribution in [0.1, 0.15) is 31.1 Å². The van der Waals surface area contributed by atoms with Crippen LogP contribution in [0.15, 0.2) is 24.3 Å². The molecule has 1 fully saturated rings. The lowest BCUT2D eigenvalue weighted by molar-refractivity contribution is -0.126. The molecule has 2 rings (SSSR count). The van der Waals surface area contributed by atoms with E-state index in [1.165, 1.54) is 0 Å². The second kappa shape index (κ2) is 5.61. The molecule has 1 aromatic rings. The Hall–Kier alpha value is -0.900. The highest BCUT2D eigenvalue weighted by molar-refractivity contribution is 6.34. The summed E-state index contributed by atoms with van der Waals surface area (Å²) in [6, 6.07) is 7.20. The Morgan fingerprint density at radius 1 is 1.47 bits per heavy atom. The highest BCUT2D eigenvalue weighted by Crippen LogP contribution is 2.22. The van der Waals surface area contributed by atoms with Crippen LogP contribution in [-0.2, 0) is 4.74 Å². The van der Waals surface area contributed by atoms with Gasteiger partial charge in [0.1, 0.15) is 0 Å². The molecule has 0 spiro atoms. The van der Waals surface area contributed by atoms with Gasteiger partial charge in [-0.2, -0.15) is 0 Å². The Bertz CT molecular complexity index is 473. The van der Waals surface area contributed by atoms with Crippen molar-refractivity contribution in [1.82, 2.24) is 4.90 Å². The quantitative estimate of drug-likeness (QED) is 0.798. The van der Waals surface area contributed by atoms with E-state index in [1.54, 1.807) is 12.1 Å². The zero-order valence-electron chi connectivity index (χ0n) is 11.6. The molecule has 0 aliphatic carbocycles. The van der Waals surface area contributed by atoms with Crippen molar-refractivity contribution in [1.29, 1.82) is 0 Å². The first-order chi connectivity index (χ1) is 8.87. The number of rotatable bonds is 3. The average molecular weight is 282 g/mol. The van der Waals surface area contributed by atoms with Crippen LogP contribution in [0.4, 0.5) is 0 Å². The summed E-state index contributed by atoms with van der Waals surface area (Å²) in [5.41, 5.74) is 0.388. The SMILES string of the molecule is CC1CN(CC(=O)c2ccccc2Cl)CC(C)(C)O1. The number of nitrogens with zero attached hydrogens (tertiary/aromatic N) is 1. The van der Waals surface area contributed by atoms with E-state index in [1.807, 2.05) is 19.1 Å². The fourth-order valence-electron chi connectivity index (χ4n) is 2.68. The molecule has 19 heavy (non-hydrogen) atoms. The molecule has 104 valence electrons. The lowest BCUT2D eigenvalue weighted by Crippen LogP contribution is -2.53. The molecule has 3 nitrogen and oxygen atoms in total. The molecule has 4 heteroatoms. The smallest absolute Gasteiger partial charge is 0.178 e. The maximum absolute atomic E-state index is 12.3. The van der Waals surface area contributed by atoms with Gasteiger partial charge in [-0.15, -0.1) is 0 Å². The van der Waals surface area contributed by atoms with Crippen LogP contribution < -0.4 is 0 Å². The summed E-state index contributed by atoms with van der Waals surface area (Å²) in [6.45, 7) is 8.06. The highest BCUT2D eigenvalue weighted by atomic mass is 35.5. The fourth-order valence-corrected chi connectivity index (χ4v) is 2.92. The molecule has 1 unspecified atom stereocenters. The molecule has 1 aromatic carbocycles. The maximum atomic E-state index is 12.3. The maximum Gasteiger partial charge on any atom is 0.178 e. The number of hydrogen-bond donors (Lipinski definition) is 0. The van der Waals surface area contributed by atoms with Gasteiger partial charge in [-0.25, -0.2) is 0 Å². The Labute approximate surface area is 119 Å². The highest BCUT2D eigenvalue weighted by Gasteiger charge is 2.32. The van der Waals surface area contributed by atoms with Crippen LogP contribution in [0.5, 0.6) is 0 Å². The van der Waals surface area contributed by atoms with E-state index in [0.717, 1.165) is 13.1 Å². The van der Waals surface area contributed by atoms with Gasteiger partial charge < -0.3 is 4.74 Å². The number of hydrogen-bond acceptors (Lipinski definition) is 3. The minimum atomic E-state index is -0.210. The number of benzene rings is 1. The average Bonchev–Trinajstić information content (AvgIpc) is 2.26. The largest absolute Gasteiger partial charge is 0.370 e. The van der Waals surface area contributed by atoms with Gasteiger partial charge in [0.25, 0.3) is 0 Å². The number of ketones is 1. The number of morpholine rings is 1. The summed E-state index contributed by atoms with van der Waals surface area (Å²) in [4.78, 5) is 14.4. The topological polar surface area (TPSA) is 29.5 Å². The first-order valence-electron chi connectivity index (χ1n) is 6.55. The molecule has 0 aromatic heterocycles. The Morgan fingerprint density at radius 2 is 2.16 bits per heavy atom. The Morgan fingerprint density at radius 3 is 2.79 bits per heavy atom. The molecule has 0 N–H and O–H groups in total. The lowest BCUT2D eigenvalue weighted by Gasteiger charge is -2.41. The summed E-state index contributed by atoms with van der Waals surface area (Å²) in [5, 5.41) is 0.521. The predicted octanol–water partition coefficient (Wildman–Crippen LogP) is 3.02. The monoisotopic (exact) mass is 281 g/mol. The van der Waals surface area contributed by atoms with Crippen molar-refractivity contribution in [2.45, 2.75) is 32.5 Å². The van der Waals surface area contributed by atoms with Crippen LogP contribution in [0.3, 0.4) is 0 Å². The van der Waals surface area contributed by atoms with Crippen molar-refractivity contribution in [2.24, 2.45) is 0 Å². The zero-order chi connectivity index (χ0) is 14.0. The van der Waals surface area contributed by atoms with E-state index < -0.39 is 0 Å². The van der Waals surface area contributed by atoms with Gasteiger partial charge in [-0.05, 0) is 32.9 Å². The molecule has 0 bridgehead atoms. The van der Waals surface area contributed by atoms with Crippen LogP contribution >= 0.6 is 11.6 Å². The van der Waals surface area contributed by atoms with Crippen LogP contribution in [0, 0.1) is 0 Å². The van der Waals surface area contributed by atoms with Gasteiger partial charge in [0.2, 0.25) is 0 Å². The molecule has 0 radical (unpaired) electrons. The Kier molecular flexibility index (Phi) is 4.29. The fraction of sp³-hybridized carbons (Fsp3) is 0.533. The summed E-state index contributed by atoms with van der Waals surface area (Å²) >= 11 is 6.06. The van der Waals surface area contributed by atoms with Crippen LogP contribution in [0.2, 0.25) is 5.02 Å². The molecule has 1 aliphatic heterocycles. The van der Waals surface area contributed by atoms with Crippen molar-refractivity contribution in [3.8, 4) is 0 Å². The van der Waals surface area contributed by atoms with E-state index in [4.69, 9.17) is 16.3 Å². The number of Topliss-reactive ketones (excluding diaryl/α,β-unsaturated/α-hetero) is 1. The molecule has 1 atom stereocenters. The third kappa shape index (κ3) is 3.78. The molecular formula is C15H20ClNO2. The van der Waals surface area contributed by atoms with Crippen molar-refractivity contribution in [2.75, 3.05) is 19.6 Å². The lowest BCUT2D eigenvalue weighted by atomic mass is 10.0. The van der Waals surface area contributed by atoms with E-state index in [-0.39, 0.29) is 17.5 Å². The third-order valence-electron chi connectivity index (χ3n) is 3.18. The van der Waals surface area contributed by atoms with Crippen molar-refractivity contribution in [3.05, 3.63) is 34.9 Å². The third-order valence-corrected chi connectivity index (χ3v) is 3.51. The van der Waals surface area contributed by atoms with Gasteiger partial charge in [0, 0.05) is 18.7 Å². The molecule has 0 amide bonds. The van der Waals surface area contributed by atoms with Gasteiger partial charge in [-0.1, -0.05) is 23.7 Å². The number of carbonyl (C=O) groups excluding carboxylic acids is 1. The van der Waals surface area contributed by atoms with Crippen molar-refractivity contribution < 1.29 is 9.53 Å². The summed E-state index contributed by atoms with van der Waals surface area (Å²) in [7, 11) is 0. The second-order valence-corrected chi connectivity index (χ2v) is 6.17. The van der Waals surface area contributed by atoms with Gasteiger partial charge in [0.05, 0.1) is 23.3 Å². The first kappa shape index (κ1) is 14.5. The predicted molar refractivity (Wildman–Crippen MR) is 76.8 cm³/mol. The number of halogens is 1. The normalized spacial score (nSPS) is 23.3. The molecule has 1 aliphatic rings. The molecule has 1 saturated heterocycles. The molecular weight excluding hydrogens is 262 g/mol. The van der Waals surface area contributed by atoms with Gasteiger partial charge >= 0.3 is 0 Å². The van der Waals surface area contributed by atoms with E-state index in [9.17, 15) is 4.79 Å². The number of carbonyl (C=O) groups is 1. The summed E-state index contributed by atoms with van der Waals surface area (Å²) < 4.78 is 5.84. The van der Waals surface area contributed by atoms with E-state index in [0.29, 0.717) is 17.1 Å². The van der Waals surface area contributed by atoms with Gasteiger partial charge in [-0.3, -0.25) is 9.69 Å². The van der Waals surface area contributed by atoms with Crippen molar-refractivity contribution >= 4 is 17.4 Å². The Balaban J connectivity index is 2.05. The first-order valence-corrected chi connectivity index (χ1v) is 6.93. The minimum Gasteiger partial charge on any atom is -0.370 e.